The molecule has 2 aliphatic heterocycles. The van der Waals surface area contributed by atoms with Crippen LogP contribution in [0.3, 0.4) is 0 Å². The minimum Gasteiger partial charge on any atom is -0.347 e. The van der Waals surface area contributed by atoms with Gasteiger partial charge < -0.3 is 15.1 Å². The normalized spacial score (nSPS) is 23.2. The number of carbonyl (C=O) groups excluding carboxylic acids is 1. The van der Waals surface area contributed by atoms with Gasteiger partial charge >= 0.3 is 0 Å². The maximum absolute atomic E-state index is 13.6. The molecule has 2 bridgehead atoms. The summed E-state index contributed by atoms with van der Waals surface area (Å²) < 4.78 is 27.2. The summed E-state index contributed by atoms with van der Waals surface area (Å²) in [6, 6.07) is 9.85. The van der Waals surface area contributed by atoms with Crippen molar-refractivity contribution in [3.8, 4) is 6.07 Å². The molecule has 3 aliphatic rings. The van der Waals surface area contributed by atoms with E-state index in [1.54, 1.807) is 12.3 Å². The number of aromatic nitrogens is 1. The Balaban J connectivity index is 1.17. The third-order valence-electron chi connectivity index (χ3n) is 6.94. The van der Waals surface area contributed by atoms with E-state index >= 15 is 0 Å². The summed E-state index contributed by atoms with van der Waals surface area (Å²) in [5, 5.41) is 12.3. The highest BCUT2D eigenvalue weighted by molar-refractivity contribution is 5.77. The van der Waals surface area contributed by atoms with Crippen molar-refractivity contribution in [2.45, 2.75) is 49.7 Å². The predicted molar refractivity (Wildman–Crippen MR) is 115 cm³/mol. The Labute approximate surface area is 185 Å². The molecule has 0 spiro atoms. The number of piperazine rings is 1. The Kier molecular flexibility index (Phi) is 5.30. The number of fused-ring (bicyclic) bond motifs is 2. The monoisotopic (exact) mass is 437 g/mol. The minimum absolute atomic E-state index is 0.100. The van der Waals surface area contributed by atoms with Gasteiger partial charge in [0.15, 0.2) is 0 Å². The largest absolute Gasteiger partial charge is 0.347 e. The number of hydrogen-bond donors (Lipinski definition) is 1. The zero-order valence-electron chi connectivity index (χ0n) is 17.7. The summed E-state index contributed by atoms with van der Waals surface area (Å²) in [6.07, 6.45) is 5.60. The first kappa shape index (κ1) is 20.8. The fourth-order valence-corrected chi connectivity index (χ4v) is 5.18. The van der Waals surface area contributed by atoms with Crippen molar-refractivity contribution in [1.82, 2.24) is 15.2 Å². The van der Waals surface area contributed by atoms with Crippen LogP contribution in [0.25, 0.3) is 0 Å². The molecule has 2 unspecified atom stereocenters. The van der Waals surface area contributed by atoms with Crippen molar-refractivity contribution >= 4 is 11.7 Å². The van der Waals surface area contributed by atoms with Gasteiger partial charge in [0.2, 0.25) is 5.91 Å². The van der Waals surface area contributed by atoms with E-state index in [0.717, 1.165) is 37.6 Å². The quantitative estimate of drug-likeness (QED) is 0.752. The molecular weight excluding hydrogens is 412 g/mol. The number of likely N-dealkylation sites (tertiary alicyclic amines) is 1. The van der Waals surface area contributed by atoms with E-state index in [-0.39, 0.29) is 18.0 Å². The zero-order valence-corrected chi connectivity index (χ0v) is 17.7. The molecule has 1 aromatic heterocycles. The van der Waals surface area contributed by atoms with E-state index in [1.807, 2.05) is 11.0 Å². The van der Waals surface area contributed by atoms with E-state index in [2.05, 4.69) is 21.3 Å². The fraction of sp³-hybridized carbons (Fsp3) is 0.458. The molecule has 2 aromatic rings. The number of carbonyl (C=O) groups is 1. The van der Waals surface area contributed by atoms with Crippen LogP contribution in [0.15, 0.2) is 36.5 Å². The molecule has 2 atom stereocenters. The third kappa shape index (κ3) is 3.93. The predicted octanol–water partition coefficient (Wildman–Crippen LogP) is 3.08. The SMILES string of the molecule is N#Cc1ccc(N2C3CCC2CN(C(=O)CCNC2(c4cc(F)cc(F)c4)CC2)C3)nc1. The summed E-state index contributed by atoms with van der Waals surface area (Å²) in [5.74, 6) is -0.185. The summed E-state index contributed by atoms with van der Waals surface area (Å²) in [4.78, 5) is 21.6. The number of halogens is 2. The van der Waals surface area contributed by atoms with Gasteiger partial charge in [-0.25, -0.2) is 13.8 Å². The number of nitrogens with zero attached hydrogens (tertiary/aromatic N) is 4. The van der Waals surface area contributed by atoms with E-state index in [1.165, 1.54) is 12.1 Å². The molecule has 32 heavy (non-hydrogen) atoms. The first-order valence-corrected chi connectivity index (χ1v) is 11.1. The average molecular weight is 437 g/mol. The first-order valence-electron chi connectivity index (χ1n) is 11.1. The molecule has 1 aliphatic carbocycles. The number of hydrogen-bond acceptors (Lipinski definition) is 5. The molecule has 1 amide bonds. The third-order valence-corrected chi connectivity index (χ3v) is 6.94. The van der Waals surface area contributed by atoms with Gasteiger partial charge in [-0.1, -0.05) is 0 Å². The van der Waals surface area contributed by atoms with Crippen LogP contribution in [0.4, 0.5) is 14.6 Å². The van der Waals surface area contributed by atoms with E-state index in [0.29, 0.717) is 37.2 Å². The van der Waals surface area contributed by atoms with Crippen molar-refractivity contribution < 1.29 is 13.6 Å². The van der Waals surface area contributed by atoms with Crippen molar-refractivity contribution in [3.63, 3.8) is 0 Å². The van der Waals surface area contributed by atoms with Gasteiger partial charge in [0.25, 0.3) is 0 Å². The van der Waals surface area contributed by atoms with Crippen LogP contribution in [0.5, 0.6) is 0 Å². The number of benzene rings is 1. The Morgan fingerprint density at radius 2 is 1.84 bits per heavy atom. The molecular formula is C24H25F2N5O. The molecule has 8 heteroatoms. The van der Waals surface area contributed by atoms with Gasteiger partial charge in [-0.3, -0.25) is 4.79 Å². The maximum Gasteiger partial charge on any atom is 0.223 e. The van der Waals surface area contributed by atoms with Crippen LogP contribution in [0.2, 0.25) is 0 Å². The Bertz CT molecular complexity index is 1030. The summed E-state index contributed by atoms with van der Waals surface area (Å²) in [6.45, 7) is 1.80. The molecule has 3 fully saturated rings. The number of anilines is 1. The number of rotatable bonds is 6. The standard InChI is InChI=1S/C24H25F2N5O/c25-18-9-17(10-19(26)11-18)24(6-7-24)29-8-5-23(32)30-14-20-2-3-21(15-30)31(20)22-4-1-16(12-27)13-28-22/h1,4,9-11,13,20-21,29H,2-3,5-8,14-15H2. The van der Waals surface area contributed by atoms with Gasteiger partial charge in [0, 0.05) is 55.9 Å². The summed E-state index contributed by atoms with van der Waals surface area (Å²) in [7, 11) is 0. The smallest absolute Gasteiger partial charge is 0.223 e. The summed E-state index contributed by atoms with van der Waals surface area (Å²) in [5.41, 5.74) is 0.739. The molecule has 1 N–H and O–H groups in total. The molecule has 5 rings (SSSR count). The average Bonchev–Trinajstić information content (AvgIpc) is 3.52. The lowest BCUT2D eigenvalue weighted by atomic mass is 10.0. The highest BCUT2D eigenvalue weighted by atomic mass is 19.1. The van der Waals surface area contributed by atoms with Gasteiger partial charge in [-0.15, -0.1) is 0 Å². The van der Waals surface area contributed by atoms with Crippen LogP contribution in [-0.4, -0.2) is 47.5 Å². The topological polar surface area (TPSA) is 72.3 Å². The second kappa shape index (κ2) is 8.14. The zero-order chi connectivity index (χ0) is 22.3. The Hall–Kier alpha value is -3.05. The molecule has 1 saturated carbocycles. The molecule has 3 heterocycles. The first-order chi connectivity index (χ1) is 15.5. The van der Waals surface area contributed by atoms with Crippen LogP contribution in [0, 0.1) is 23.0 Å². The van der Waals surface area contributed by atoms with Gasteiger partial charge in [0.1, 0.15) is 23.5 Å². The van der Waals surface area contributed by atoms with Gasteiger partial charge in [-0.2, -0.15) is 5.26 Å². The second-order valence-corrected chi connectivity index (χ2v) is 9.02. The molecule has 1 aromatic carbocycles. The van der Waals surface area contributed by atoms with Crippen molar-refractivity contribution in [3.05, 3.63) is 59.3 Å². The Morgan fingerprint density at radius 3 is 2.41 bits per heavy atom. The number of amides is 1. The van der Waals surface area contributed by atoms with E-state index < -0.39 is 17.2 Å². The molecule has 166 valence electrons. The molecule has 2 saturated heterocycles. The van der Waals surface area contributed by atoms with E-state index in [4.69, 9.17) is 5.26 Å². The van der Waals surface area contributed by atoms with Crippen LogP contribution >= 0.6 is 0 Å². The van der Waals surface area contributed by atoms with Crippen LogP contribution < -0.4 is 10.2 Å². The molecule has 6 nitrogen and oxygen atoms in total. The molecule has 0 radical (unpaired) electrons. The minimum atomic E-state index is -0.575. The lowest BCUT2D eigenvalue weighted by molar-refractivity contribution is -0.132. The Morgan fingerprint density at radius 1 is 1.16 bits per heavy atom. The van der Waals surface area contributed by atoms with Crippen molar-refractivity contribution in [2.75, 3.05) is 24.5 Å². The van der Waals surface area contributed by atoms with E-state index in [9.17, 15) is 13.6 Å². The second-order valence-electron chi connectivity index (χ2n) is 9.02. The van der Waals surface area contributed by atoms with Crippen LogP contribution in [-0.2, 0) is 10.3 Å². The van der Waals surface area contributed by atoms with Crippen molar-refractivity contribution in [1.29, 1.82) is 5.26 Å². The number of pyridine rings is 1. The van der Waals surface area contributed by atoms with Gasteiger partial charge in [0.05, 0.1) is 5.56 Å². The maximum atomic E-state index is 13.6. The van der Waals surface area contributed by atoms with Gasteiger partial charge in [-0.05, 0) is 55.5 Å². The lowest BCUT2D eigenvalue weighted by Crippen LogP contribution is -2.56. The van der Waals surface area contributed by atoms with Crippen LogP contribution in [0.1, 0.15) is 43.2 Å². The highest BCUT2D eigenvalue weighted by Gasteiger charge is 2.45. The summed E-state index contributed by atoms with van der Waals surface area (Å²) >= 11 is 0. The lowest BCUT2D eigenvalue weighted by Gasteiger charge is -2.42. The fourth-order valence-electron chi connectivity index (χ4n) is 5.18. The van der Waals surface area contributed by atoms with Crippen molar-refractivity contribution in [2.24, 2.45) is 0 Å². The highest BCUT2D eigenvalue weighted by Crippen LogP contribution is 2.45. The number of nitrogens with one attached hydrogen (secondary N) is 1. The number of nitriles is 1.